The van der Waals surface area contributed by atoms with Crippen LogP contribution in [0.25, 0.3) is 0 Å². The zero-order chi connectivity index (χ0) is 20.7. The number of Topliss-reactive ketones (excluding diaryl/α,β-unsaturated/α-hetero) is 1. The Morgan fingerprint density at radius 3 is 2.57 bits per heavy atom. The summed E-state index contributed by atoms with van der Waals surface area (Å²) in [4.78, 5) is 42.7. The van der Waals surface area contributed by atoms with Gasteiger partial charge in [-0.2, -0.15) is 0 Å². The van der Waals surface area contributed by atoms with Crippen LogP contribution in [-0.4, -0.2) is 43.5 Å². The van der Waals surface area contributed by atoms with Crippen molar-refractivity contribution in [1.82, 2.24) is 4.98 Å². The van der Waals surface area contributed by atoms with Crippen molar-refractivity contribution in [3.63, 3.8) is 0 Å². The number of hydrogen-bond acceptors (Lipinski definition) is 7. The summed E-state index contributed by atoms with van der Waals surface area (Å²) < 4.78 is 15.6. The zero-order valence-corrected chi connectivity index (χ0v) is 16.8. The van der Waals surface area contributed by atoms with E-state index in [1.165, 1.54) is 14.2 Å². The highest BCUT2D eigenvalue weighted by atomic mass is 16.5. The zero-order valence-electron chi connectivity index (χ0n) is 16.8. The van der Waals surface area contributed by atoms with Crippen molar-refractivity contribution in [2.75, 3.05) is 20.8 Å². The van der Waals surface area contributed by atoms with Crippen LogP contribution in [0, 0.1) is 11.3 Å². The molecule has 0 amide bonds. The fourth-order valence-corrected chi connectivity index (χ4v) is 3.78. The quantitative estimate of drug-likeness (QED) is 0.444. The number of hydrogen-bond donors (Lipinski definition) is 0. The van der Waals surface area contributed by atoms with Gasteiger partial charge in [0.25, 0.3) is 0 Å². The monoisotopic (exact) mass is 387 g/mol. The van der Waals surface area contributed by atoms with Gasteiger partial charge in [-0.05, 0) is 38.3 Å². The Bertz CT molecular complexity index is 866. The minimum absolute atomic E-state index is 0.0169. The molecule has 7 nitrogen and oxygen atoms in total. The first-order chi connectivity index (χ1) is 13.1. The number of ketones is 1. The van der Waals surface area contributed by atoms with Gasteiger partial charge in [0.1, 0.15) is 6.61 Å². The van der Waals surface area contributed by atoms with Crippen LogP contribution in [0.3, 0.4) is 0 Å². The number of rotatable bonds is 4. The van der Waals surface area contributed by atoms with E-state index in [1.807, 2.05) is 6.08 Å². The van der Waals surface area contributed by atoms with Crippen molar-refractivity contribution in [2.24, 2.45) is 11.3 Å². The van der Waals surface area contributed by atoms with Crippen LogP contribution in [0.15, 0.2) is 23.8 Å². The molecule has 2 atom stereocenters. The summed E-state index contributed by atoms with van der Waals surface area (Å²) in [5.41, 5.74) is -0.171. The van der Waals surface area contributed by atoms with Gasteiger partial charge < -0.3 is 14.2 Å². The van der Waals surface area contributed by atoms with Crippen LogP contribution >= 0.6 is 0 Å². The van der Waals surface area contributed by atoms with Crippen LogP contribution < -0.4 is 4.74 Å². The van der Waals surface area contributed by atoms with Crippen LogP contribution in [0.5, 0.6) is 5.88 Å². The van der Waals surface area contributed by atoms with Crippen LogP contribution in [-0.2, 0) is 35.7 Å². The first-order valence-corrected chi connectivity index (χ1v) is 9.18. The van der Waals surface area contributed by atoms with E-state index >= 15 is 0 Å². The number of esters is 2. The maximum atomic E-state index is 13.4. The molecule has 2 unspecified atom stereocenters. The SMILES string of the molecule is COC(=O)C12CC=C(COC(=O)C(C)(C)C)C(Cc3nc(OC)ccc31)C2=O. The van der Waals surface area contributed by atoms with Crippen molar-refractivity contribution in [1.29, 1.82) is 0 Å². The van der Waals surface area contributed by atoms with E-state index in [4.69, 9.17) is 14.2 Å². The highest BCUT2D eigenvalue weighted by Gasteiger charge is 2.57. The average molecular weight is 387 g/mol. The first-order valence-electron chi connectivity index (χ1n) is 9.18. The summed E-state index contributed by atoms with van der Waals surface area (Å²) in [7, 11) is 2.78. The Balaban J connectivity index is 2.00. The normalized spacial score (nSPS) is 23.4. The van der Waals surface area contributed by atoms with Crippen molar-refractivity contribution in [3.8, 4) is 5.88 Å². The molecule has 1 heterocycles. The van der Waals surface area contributed by atoms with Gasteiger partial charge >= 0.3 is 11.9 Å². The third kappa shape index (κ3) is 3.08. The maximum absolute atomic E-state index is 13.4. The molecule has 3 rings (SSSR count). The maximum Gasteiger partial charge on any atom is 0.324 e. The van der Waals surface area contributed by atoms with E-state index < -0.39 is 22.7 Å². The van der Waals surface area contributed by atoms with E-state index in [0.29, 0.717) is 29.1 Å². The van der Waals surface area contributed by atoms with E-state index in [9.17, 15) is 14.4 Å². The molecule has 7 heteroatoms. The molecular formula is C21H25NO6. The highest BCUT2D eigenvalue weighted by molar-refractivity contribution is 6.13. The fraction of sp³-hybridized carbons (Fsp3) is 0.524. The van der Waals surface area contributed by atoms with E-state index in [2.05, 4.69) is 4.98 Å². The summed E-state index contributed by atoms with van der Waals surface area (Å²) in [5.74, 6) is -1.36. The lowest BCUT2D eigenvalue weighted by atomic mass is 9.60. The van der Waals surface area contributed by atoms with Crippen molar-refractivity contribution >= 4 is 17.7 Å². The number of ether oxygens (including phenoxy) is 3. The van der Waals surface area contributed by atoms with Crippen molar-refractivity contribution in [2.45, 2.75) is 39.0 Å². The third-order valence-electron chi connectivity index (χ3n) is 5.39. The molecular weight excluding hydrogens is 362 g/mol. The van der Waals surface area contributed by atoms with Crippen molar-refractivity contribution in [3.05, 3.63) is 35.0 Å². The van der Waals surface area contributed by atoms with Crippen molar-refractivity contribution < 1.29 is 28.6 Å². The lowest BCUT2D eigenvalue weighted by Gasteiger charge is -2.41. The Kier molecular flexibility index (Phi) is 5.04. The largest absolute Gasteiger partial charge is 0.481 e. The summed E-state index contributed by atoms with van der Waals surface area (Å²) in [6.45, 7) is 5.32. The highest BCUT2D eigenvalue weighted by Crippen LogP contribution is 2.46. The Labute approximate surface area is 164 Å². The lowest BCUT2D eigenvalue weighted by Crippen LogP contribution is -2.54. The Hall–Kier alpha value is -2.70. The van der Waals surface area contributed by atoms with Gasteiger partial charge in [-0.15, -0.1) is 0 Å². The molecule has 28 heavy (non-hydrogen) atoms. The summed E-state index contributed by atoms with van der Waals surface area (Å²) in [5, 5.41) is 0. The molecule has 2 bridgehead atoms. The summed E-state index contributed by atoms with van der Waals surface area (Å²) in [6.07, 6.45) is 2.30. The molecule has 0 fully saturated rings. The standard InChI is InChI=1S/C21H25NO6/c1-20(2,3)18(24)28-11-12-8-9-21(19(25)27-5)14-6-7-16(26-4)22-15(14)10-13(12)17(21)23/h6-8,13H,9-11H2,1-5H3. The minimum Gasteiger partial charge on any atom is -0.481 e. The van der Waals surface area contributed by atoms with Crippen LogP contribution in [0.2, 0.25) is 0 Å². The molecule has 1 aromatic heterocycles. The molecule has 0 spiro atoms. The number of nitrogens with zero attached hydrogens (tertiary/aromatic N) is 1. The Morgan fingerprint density at radius 1 is 1.25 bits per heavy atom. The predicted octanol–water partition coefficient (Wildman–Crippen LogP) is 2.16. The summed E-state index contributed by atoms with van der Waals surface area (Å²) >= 11 is 0. The third-order valence-corrected chi connectivity index (χ3v) is 5.39. The second-order valence-corrected chi connectivity index (χ2v) is 8.18. The number of carbonyl (C=O) groups is 3. The molecule has 0 aliphatic heterocycles. The molecule has 0 saturated carbocycles. The number of allylic oxidation sites excluding steroid dienone is 1. The van der Waals surface area contributed by atoms with Crippen LogP contribution in [0.1, 0.15) is 38.4 Å². The molecule has 2 aliphatic rings. The van der Waals surface area contributed by atoms with Gasteiger partial charge in [-0.1, -0.05) is 12.1 Å². The van der Waals surface area contributed by atoms with Crippen LogP contribution in [0.4, 0.5) is 0 Å². The molecule has 0 radical (unpaired) electrons. The summed E-state index contributed by atoms with van der Waals surface area (Å²) in [6, 6.07) is 3.35. The second-order valence-electron chi connectivity index (χ2n) is 8.18. The fourth-order valence-electron chi connectivity index (χ4n) is 3.78. The van der Waals surface area contributed by atoms with Gasteiger partial charge in [-0.3, -0.25) is 14.4 Å². The second kappa shape index (κ2) is 7.04. The van der Waals surface area contributed by atoms with Gasteiger partial charge in [0.05, 0.1) is 25.3 Å². The van der Waals surface area contributed by atoms with E-state index in [-0.39, 0.29) is 24.8 Å². The number of carbonyl (C=O) groups excluding carboxylic acids is 3. The van der Waals surface area contributed by atoms with Gasteiger partial charge in [0, 0.05) is 18.4 Å². The number of pyridine rings is 1. The minimum atomic E-state index is -1.41. The first kappa shape index (κ1) is 20.0. The molecule has 0 aromatic carbocycles. The van der Waals surface area contributed by atoms with E-state index in [0.717, 1.165) is 0 Å². The topological polar surface area (TPSA) is 91.8 Å². The van der Waals surface area contributed by atoms with Gasteiger partial charge in [0.2, 0.25) is 5.88 Å². The van der Waals surface area contributed by atoms with Gasteiger partial charge in [-0.25, -0.2) is 4.98 Å². The number of aromatic nitrogens is 1. The lowest BCUT2D eigenvalue weighted by molar-refractivity contribution is -0.156. The van der Waals surface area contributed by atoms with Gasteiger partial charge in [0.15, 0.2) is 11.2 Å². The molecule has 150 valence electrons. The smallest absolute Gasteiger partial charge is 0.324 e. The Morgan fingerprint density at radius 2 is 1.96 bits per heavy atom. The number of methoxy groups -OCH3 is 2. The average Bonchev–Trinajstić information content (AvgIpc) is 2.66. The molecule has 0 N–H and O–H groups in total. The molecule has 1 aromatic rings. The predicted molar refractivity (Wildman–Crippen MR) is 99.8 cm³/mol. The van der Waals surface area contributed by atoms with E-state index in [1.54, 1.807) is 32.9 Å². The number of fused-ring (bicyclic) bond motifs is 4. The molecule has 2 aliphatic carbocycles. The molecule has 0 saturated heterocycles.